The molecule has 0 radical (unpaired) electrons. The molecule has 2 amide bonds. The van der Waals surface area contributed by atoms with Crippen LogP contribution >= 0.6 is 0 Å². The van der Waals surface area contributed by atoms with E-state index in [1.54, 1.807) is 0 Å². The molecule has 2 N–H and O–H groups in total. The van der Waals surface area contributed by atoms with Crippen molar-refractivity contribution in [3.63, 3.8) is 0 Å². The van der Waals surface area contributed by atoms with Crippen LogP contribution in [0.25, 0.3) is 0 Å². The summed E-state index contributed by atoms with van der Waals surface area (Å²) in [6, 6.07) is 2.83. The van der Waals surface area contributed by atoms with E-state index in [1.807, 2.05) is 0 Å². The highest BCUT2D eigenvalue weighted by atomic mass is 19.1. The smallest absolute Gasteiger partial charge is 0.239 e. The molecule has 2 rings (SSSR count). The fraction of sp³-hybridized carbons (Fsp3) is 0.417. The van der Waals surface area contributed by atoms with E-state index in [0.717, 1.165) is 0 Å². The topological polar surface area (TPSA) is 74.3 Å². The van der Waals surface area contributed by atoms with Gasteiger partial charge in [0.1, 0.15) is 5.82 Å². The van der Waals surface area contributed by atoms with Gasteiger partial charge in [-0.1, -0.05) is 0 Å². The van der Waals surface area contributed by atoms with E-state index >= 15 is 0 Å². The monoisotopic (exact) mass is 266 g/mol. The van der Waals surface area contributed by atoms with E-state index in [2.05, 4.69) is 15.6 Å². The van der Waals surface area contributed by atoms with E-state index in [0.29, 0.717) is 19.5 Å². The van der Waals surface area contributed by atoms with Crippen molar-refractivity contribution in [1.29, 1.82) is 0 Å². The van der Waals surface area contributed by atoms with Crippen LogP contribution < -0.4 is 10.6 Å². The molecule has 0 bridgehead atoms. The maximum atomic E-state index is 13.3. The highest BCUT2D eigenvalue weighted by molar-refractivity contribution is 5.79. The average Bonchev–Trinajstić information content (AvgIpc) is 2.35. The zero-order valence-corrected chi connectivity index (χ0v) is 10.3. The summed E-state index contributed by atoms with van der Waals surface area (Å²) in [6.45, 7) is 1.38. The molecule has 6 nitrogen and oxygen atoms in total. The number of carbonyl (C=O) groups excluding carboxylic acids is 2. The van der Waals surface area contributed by atoms with Gasteiger partial charge in [-0.05, 0) is 12.1 Å². The average molecular weight is 266 g/mol. The van der Waals surface area contributed by atoms with Crippen LogP contribution in [0.3, 0.4) is 0 Å². The Morgan fingerprint density at radius 1 is 1.63 bits per heavy atom. The maximum Gasteiger partial charge on any atom is 0.239 e. The van der Waals surface area contributed by atoms with Crippen molar-refractivity contribution in [2.24, 2.45) is 0 Å². The molecule has 1 aliphatic heterocycles. The number of carbonyl (C=O) groups is 2. The Hall–Kier alpha value is -2.02. The second-order valence-corrected chi connectivity index (χ2v) is 4.30. The van der Waals surface area contributed by atoms with Crippen LogP contribution in [0.15, 0.2) is 18.3 Å². The van der Waals surface area contributed by atoms with E-state index in [-0.39, 0.29) is 30.7 Å². The summed E-state index contributed by atoms with van der Waals surface area (Å²) in [7, 11) is 0. The van der Waals surface area contributed by atoms with Crippen LogP contribution in [0.5, 0.6) is 0 Å². The van der Waals surface area contributed by atoms with E-state index in [9.17, 15) is 14.0 Å². The number of rotatable bonds is 6. The Bertz CT molecular complexity index is 465. The highest BCUT2D eigenvalue weighted by Crippen LogP contribution is 2.03. The number of nitrogens with zero attached hydrogens (tertiary/aromatic N) is 2. The molecule has 1 aromatic rings. The zero-order chi connectivity index (χ0) is 13.7. The Labute approximate surface area is 110 Å². The summed E-state index contributed by atoms with van der Waals surface area (Å²) in [4.78, 5) is 27.8. The minimum absolute atomic E-state index is 0.0150. The Morgan fingerprint density at radius 2 is 2.42 bits per heavy atom. The second-order valence-electron chi connectivity index (χ2n) is 4.30. The number of pyridine rings is 1. The van der Waals surface area contributed by atoms with Crippen LogP contribution in [0.2, 0.25) is 0 Å². The third-order valence-electron chi connectivity index (χ3n) is 2.98. The Kier molecular flexibility index (Phi) is 4.40. The highest BCUT2D eigenvalue weighted by Gasteiger charge is 2.24. The third kappa shape index (κ3) is 3.47. The number of hydrogen-bond acceptors (Lipinski definition) is 4. The van der Waals surface area contributed by atoms with Crippen molar-refractivity contribution in [3.05, 3.63) is 29.8 Å². The number of aromatic nitrogens is 1. The van der Waals surface area contributed by atoms with Crippen molar-refractivity contribution in [3.8, 4) is 0 Å². The fourth-order valence-corrected chi connectivity index (χ4v) is 1.71. The molecule has 0 unspecified atom stereocenters. The van der Waals surface area contributed by atoms with Crippen LogP contribution in [0, 0.1) is 5.82 Å². The van der Waals surface area contributed by atoms with Crippen LogP contribution in [-0.4, -0.2) is 47.9 Å². The van der Waals surface area contributed by atoms with E-state index in [4.69, 9.17) is 0 Å². The van der Waals surface area contributed by atoms with Crippen LogP contribution in [-0.2, 0) is 16.1 Å². The first-order chi connectivity index (χ1) is 9.20. The van der Waals surface area contributed by atoms with Crippen LogP contribution in [0.1, 0.15) is 5.69 Å². The summed E-state index contributed by atoms with van der Waals surface area (Å²) < 4.78 is 13.3. The number of nitrogens with one attached hydrogen (secondary N) is 2. The summed E-state index contributed by atoms with van der Waals surface area (Å²) in [5.74, 6) is -0.790. The first-order valence-electron chi connectivity index (χ1n) is 5.98. The van der Waals surface area contributed by atoms with Gasteiger partial charge in [0, 0.05) is 19.3 Å². The number of halogens is 1. The minimum atomic E-state index is -0.460. The van der Waals surface area contributed by atoms with Gasteiger partial charge in [-0.25, -0.2) is 4.39 Å². The lowest BCUT2D eigenvalue weighted by atomic mass is 10.1. The standard InChI is InChI=1S/C12H15FN4O2/c13-10-2-1-3-15-11(10)6-16-12(19)7-17(8-18)9-4-14-5-9/h1-3,8-9,14H,4-7H2,(H,16,19). The van der Waals surface area contributed by atoms with Crippen molar-refractivity contribution in [2.45, 2.75) is 12.6 Å². The molecule has 19 heavy (non-hydrogen) atoms. The van der Waals surface area contributed by atoms with Crippen LogP contribution in [0.4, 0.5) is 4.39 Å². The molecule has 1 aromatic heterocycles. The Morgan fingerprint density at radius 3 is 3.00 bits per heavy atom. The molecule has 102 valence electrons. The van der Waals surface area contributed by atoms with Gasteiger partial charge < -0.3 is 15.5 Å². The predicted molar refractivity (Wildman–Crippen MR) is 65.5 cm³/mol. The molecular formula is C12H15FN4O2. The third-order valence-corrected chi connectivity index (χ3v) is 2.98. The summed E-state index contributed by atoms with van der Waals surface area (Å²) in [6.07, 6.45) is 2.12. The van der Waals surface area contributed by atoms with Gasteiger partial charge >= 0.3 is 0 Å². The van der Waals surface area contributed by atoms with Gasteiger partial charge in [0.05, 0.1) is 24.8 Å². The SMILES string of the molecule is O=CN(CC(=O)NCc1ncccc1F)C1CNC1. The molecule has 1 fully saturated rings. The zero-order valence-electron chi connectivity index (χ0n) is 10.3. The van der Waals surface area contributed by atoms with Crippen molar-refractivity contribution < 1.29 is 14.0 Å². The second kappa shape index (κ2) is 6.24. The molecule has 0 spiro atoms. The van der Waals surface area contributed by atoms with Crippen molar-refractivity contribution in [1.82, 2.24) is 20.5 Å². The molecule has 7 heteroatoms. The van der Waals surface area contributed by atoms with Gasteiger partial charge in [-0.3, -0.25) is 14.6 Å². The first kappa shape index (κ1) is 13.4. The molecule has 0 saturated carbocycles. The summed E-state index contributed by atoms with van der Waals surface area (Å²) in [5, 5.41) is 5.57. The minimum Gasteiger partial charge on any atom is -0.349 e. The van der Waals surface area contributed by atoms with E-state index < -0.39 is 5.82 Å². The first-order valence-corrected chi connectivity index (χ1v) is 5.98. The number of amides is 2. The van der Waals surface area contributed by atoms with Gasteiger partial charge in [0.2, 0.25) is 12.3 Å². The van der Waals surface area contributed by atoms with Gasteiger partial charge in [0.25, 0.3) is 0 Å². The molecule has 2 heterocycles. The lowest BCUT2D eigenvalue weighted by Gasteiger charge is -2.35. The molecule has 0 atom stereocenters. The normalized spacial score (nSPS) is 14.6. The van der Waals surface area contributed by atoms with Crippen molar-refractivity contribution >= 4 is 12.3 Å². The quantitative estimate of drug-likeness (QED) is 0.666. The maximum absolute atomic E-state index is 13.3. The lowest BCUT2D eigenvalue weighted by Crippen LogP contribution is -2.58. The predicted octanol–water partition coefficient (Wildman–Crippen LogP) is -0.733. The molecular weight excluding hydrogens is 251 g/mol. The number of hydrogen-bond donors (Lipinski definition) is 2. The molecule has 1 saturated heterocycles. The lowest BCUT2D eigenvalue weighted by molar-refractivity contribution is -0.130. The molecule has 0 aromatic carbocycles. The molecule has 1 aliphatic rings. The molecule has 0 aliphatic carbocycles. The Balaban J connectivity index is 1.81. The summed E-state index contributed by atoms with van der Waals surface area (Å²) in [5.41, 5.74) is 0.179. The van der Waals surface area contributed by atoms with Gasteiger partial charge in [-0.2, -0.15) is 0 Å². The van der Waals surface area contributed by atoms with Gasteiger partial charge in [0.15, 0.2) is 0 Å². The fourth-order valence-electron chi connectivity index (χ4n) is 1.71. The summed E-state index contributed by atoms with van der Waals surface area (Å²) >= 11 is 0. The van der Waals surface area contributed by atoms with Gasteiger partial charge in [-0.15, -0.1) is 0 Å². The van der Waals surface area contributed by atoms with Crippen molar-refractivity contribution in [2.75, 3.05) is 19.6 Å². The largest absolute Gasteiger partial charge is 0.349 e. The van der Waals surface area contributed by atoms with E-state index in [1.165, 1.54) is 23.2 Å².